The fourth-order valence-corrected chi connectivity index (χ4v) is 10.5. The molecule has 4 heterocycles. The van der Waals surface area contributed by atoms with E-state index in [1.54, 1.807) is 0 Å². The highest BCUT2D eigenvalue weighted by atomic mass is 16.5. The average Bonchev–Trinajstić information content (AvgIpc) is 4.03. The number of aryl methyl sites for hydroxylation is 1. The Morgan fingerprint density at radius 2 is 1.44 bits per heavy atom. The number of fused-ring (bicyclic) bond motifs is 4. The molecule has 0 bridgehead atoms. The van der Waals surface area contributed by atoms with Crippen molar-refractivity contribution in [2.75, 3.05) is 27.3 Å². The molecule has 4 fully saturated rings. The van der Waals surface area contributed by atoms with Crippen molar-refractivity contribution in [2.24, 2.45) is 11.8 Å². The van der Waals surface area contributed by atoms with Crippen LogP contribution in [0.1, 0.15) is 119 Å². The minimum atomic E-state index is -0.601. The number of nitrogens with one attached hydrogen (secondary N) is 5. The molecule has 3 unspecified atom stereocenters. The Morgan fingerprint density at radius 3 is 2.16 bits per heavy atom. The number of imidazole rings is 2. The van der Waals surface area contributed by atoms with Crippen LogP contribution in [-0.4, -0.2) is 88.2 Å². The molecular weight excluding hydrogens is 789 g/mol. The summed E-state index contributed by atoms with van der Waals surface area (Å²) in [4.78, 5) is 69.6. The first-order valence-corrected chi connectivity index (χ1v) is 22.6. The van der Waals surface area contributed by atoms with Gasteiger partial charge in [-0.15, -0.1) is 0 Å². The van der Waals surface area contributed by atoms with Crippen LogP contribution in [0.3, 0.4) is 0 Å². The van der Waals surface area contributed by atoms with Crippen molar-refractivity contribution in [3.05, 3.63) is 71.6 Å². The lowest BCUT2D eigenvalue weighted by molar-refractivity contribution is -0.135. The molecule has 4 amide bonds. The molecular formula is C47H58N8O7. The zero-order valence-corrected chi connectivity index (χ0v) is 35.7. The molecule has 3 atom stereocenters. The van der Waals surface area contributed by atoms with Crippen molar-refractivity contribution in [3.8, 4) is 34.0 Å². The molecule has 3 aliphatic carbocycles. The smallest absolute Gasteiger partial charge is 0.407 e. The zero-order chi connectivity index (χ0) is 42.8. The first-order chi connectivity index (χ1) is 30.2. The number of likely N-dealkylation sites (tertiary alicyclic amines) is 1. The Morgan fingerprint density at radius 1 is 0.774 bits per heavy atom. The van der Waals surface area contributed by atoms with Gasteiger partial charge in [0.1, 0.15) is 35.2 Å². The molecule has 2 aromatic carbocycles. The first-order valence-electron chi connectivity index (χ1n) is 22.6. The topological polar surface area (TPSA) is 193 Å². The Bertz CT molecular complexity index is 2290. The second kappa shape index (κ2) is 17.9. The van der Waals surface area contributed by atoms with Crippen molar-refractivity contribution in [1.29, 1.82) is 0 Å². The zero-order valence-electron chi connectivity index (χ0n) is 35.7. The largest absolute Gasteiger partial charge is 0.457 e. The van der Waals surface area contributed by atoms with E-state index in [4.69, 9.17) is 19.2 Å². The number of alkyl carbamates (subject to hydrolysis) is 2. The number of aromatic nitrogens is 4. The molecule has 1 spiro atoms. The van der Waals surface area contributed by atoms with Crippen LogP contribution in [0.5, 0.6) is 11.5 Å². The van der Waals surface area contributed by atoms with Gasteiger partial charge in [0.15, 0.2) is 0 Å². The summed E-state index contributed by atoms with van der Waals surface area (Å²) in [6, 6.07) is 11.4. The number of carbonyl (C=O) groups excluding carboxylic acids is 4. The summed E-state index contributed by atoms with van der Waals surface area (Å²) in [5.74, 6) is 3.39. The Kier molecular flexibility index (Phi) is 11.9. The van der Waals surface area contributed by atoms with Gasteiger partial charge in [0, 0.05) is 47.2 Å². The number of rotatable bonds is 14. The van der Waals surface area contributed by atoms with Gasteiger partial charge in [-0.05, 0) is 100 Å². The Balaban J connectivity index is 0.825. The average molecular weight is 847 g/mol. The number of ether oxygens (including phenoxy) is 3. The van der Waals surface area contributed by atoms with E-state index < -0.39 is 24.3 Å². The SMILES string of the molecule is COC(=O)NC(C(=O)NCCCCc1ncc(-c2ccc3c(c2)Oc2ccc(-c4cnc(C5CCCN5C(=O)C(NC(=O)OC)C5CCCC5)[nH]4)cc2C32CC2)[nH]1)C1CCCC1. The molecule has 0 radical (unpaired) electrons. The first kappa shape index (κ1) is 41.5. The number of carbonyl (C=O) groups is 4. The van der Waals surface area contributed by atoms with Crippen molar-refractivity contribution in [1.82, 2.24) is 40.8 Å². The van der Waals surface area contributed by atoms with Gasteiger partial charge >= 0.3 is 12.2 Å². The Labute approximate surface area is 361 Å². The highest BCUT2D eigenvalue weighted by Crippen LogP contribution is 2.62. The molecule has 2 aromatic heterocycles. The minimum absolute atomic E-state index is 0.0604. The highest BCUT2D eigenvalue weighted by molar-refractivity contribution is 5.87. The second-order valence-electron chi connectivity index (χ2n) is 17.8. The molecule has 3 saturated carbocycles. The molecule has 2 aliphatic heterocycles. The van der Waals surface area contributed by atoms with Crippen LogP contribution in [0.4, 0.5) is 9.59 Å². The van der Waals surface area contributed by atoms with Crippen LogP contribution in [0, 0.1) is 11.8 Å². The maximum Gasteiger partial charge on any atom is 0.407 e. The van der Waals surface area contributed by atoms with Crippen LogP contribution in [0.15, 0.2) is 48.8 Å². The monoisotopic (exact) mass is 846 g/mol. The quantitative estimate of drug-likeness (QED) is 0.0796. The van der Waals surface area contributed by atoms with Gasteiger partial charge in [-0.1, -0.05) is 37.8 Å². The van der Waals surface area contributed by atoms with Crippen molar-refractivity contribution >= 4 is 24.0 Å². The van der Waals surface area contributed by atoms with Gasteiger partial charge in [-0.2, -0.15) is 0 Å². The molecule has 62 heavy (non-hydrogen) atoms. The standard InChI is InChI=1S/C47H58N8O7/c1-60-45(58)53-40(28-10-3-4-11-28)43(56)48-22-8-7-15-39-49-26-34(51-39)31-16-18-32-38(25-31)62-37-19-17-30(24-33(37)47(32)20-21-47)35-27-50-42(52-35)36-14-9-23-55(36)44(57)41(54-46(59)61-2)29-12-5-6-13-29/h16-19,24-29,36,40-41H,3-15,20-23H2,1-2H3,(H,48,56)(H,49,51)(H,50,52)(H,53,58)(H,54,59). The maximum atomic E-state index is 14.0. The maximum absolute atomic E-state index is 14.0. The van der Waals surface area contributed by atoms with Crippen molar-refractivity contribution in [2.45, 2.75) is 120 Å². The van der Waals surface area contributed by atoms with E-state index in [2.05, 4.69) is 67.3 Å². The molecule has 4 aromatic rings. The number of hydrogen-bond donors (Lipinski definition) is 5. The fraction of sp³-hybridized carbons (Fsp3) is 0.532. The van der Waals surface area contributed by atoms with E-state index in [0.717, 1.165) is 142 Å². The van der Waals surface area contributed by atoms with Crippen LogP contribution >= 0.6 is 0 Å². The molecule has 5 N–H and O–H groups in total. The summed E-state index contributed by atoms with van der Waals surface area (Å²) < 4.78 is 16.3. The number of H-pyrrole nitrogens is 2. The van der Waals surface area contributed by atoms with Gasteiger partial charge in [-0.3, -0.25) is 9.59 Å². The van der Waals surface area contributed by atoms with Gasteiger partial charge < -0.3 is 45.0 Å². The Hall–Kier alpha value is -5.86. The fourth-order valence-electron chi connectivity index (χ4n) is 10.5. The number of amides is 4. The number of hydrogen-bond acceptors (Lipinski definition) is 9. The predicted octanol–water partition coefficient (Wildman–Crippen LogP) is 7.58. The third-order valence-corrected chi connectivity index (χ3v) is 14.0. The lowest BCUT2D eigenvalue weighted by Crippen LogP contribution is -2.51. The summed E-state index contributed by atoms with van der Waals surface area (Å²) in [7, 11) is 2.65. The normalized spacial score (nSPS) is 19.9. The van der Waals surface area contributed by atoms with Crippen molar-refractivity contribution < 1.29 is 33.4 Å². The molecule has 15 heteroatoms. The third-order valence-electron chi connectivity index (χ3n) is 14.0. The lowest BCUT2D eigenvalue weighted by Gasteiger charge is -2.31. The summed E-state index contributed by atoms with van der Waals surface area (Å²) in [6.07, 6.45) is 16.6. The summed E-state index contributed by atoms with van der Waals surface area (Å²) in [5, 5.41) is 8.61. The number of methoxy groups -OCH3 is 2. The van der Waals surface area contributed by atoms with E-state index in [1.807, 2.05) is 17.3 Å². The molecule has 15 nitrogen and oxygen atoms in total. The number of benzene rings is 2. The van der Waals surface area contributed by atoms with Gasteiger partial charge in [0.25, 0.3) is 0 Å². The summed E-state index contributed by atoms with van der Waals surface area (Å²) in [6.45, 7) is 1.14. The summed E-state index contributed by atoms with van der Waals surface area (Å²) in [5.41, 5.74) is 6.07. The molecule has 5 aliphatic rings. The van der Waals surface area contributed by atoms with Crippen LogP contribution in [0.25, 0.3) is 22.5 Å². The van der Waals surface area contributed by atoms with E-state index in [1.165, 1.54) is 25.3 Å². The van der Waals surface area contributed by atoms with Gasteiger partial charge in [-0.25, -0.2) is 19.6 Å². The number of unbranched alkanes of at least 4 members (excludes halogenated alkanes) is 1. The van der Waals surface area contributed by atoms with Crippen LogP contribution in [0.2, 0.25) is 0 Å². The minimum Gasteiger partial charge on any atom is -0.457 e. The second-order valence-corrected chi connectivity index (χ2v) is 17.8. The van der Waals surface area contributed by atoms with E-state index in [0.29, 0.717) is 13.1 Å². The highest BCUT2D eigenvalue weighted by Gasteiger charge is 2.52. The molecule has 1 saturated heterocycles. The predicted molar refractivity (Wildman–Crippen MR) is 230 cm³/mol. The number of aromatic amines is 2. The van der Waals surface area contributed by atoms with E-state index >= 15 is 0 Å². The van der Waals surface area contributed by atoms with Gasteiger partial charge in [0.05, 0.1) is 44.0 Å². The molecule has 328 valence electrons. The number of nitrogens with zero attached hydrogens (tertiary/aromatic N) is 3. The van der Waals surface area contributed by atoms with Crippen LogP contribution in [-0.2, 0) is 30.9 Å². The van der Waals surface area contributed by atoms with E-state index in [9.17, 15) is 19.2 Å². The summed E-state index contributed by atoms with van der Waals surface area (Å²) >= 11 is 0. The lowest BCUT2D eigenvalue weighted by atomic mass is 9.83. The third kappa shape index (κ3) is 8.37. The molecule has 9 rings (SSSR count). The van der Waals surface area contributed by atoms with Crippen molar-refractivity contribution in [3.63, 3.8) is 0 Å². The van der Waals surface area contributed by atoms with Gasteiger partial charge in [0.2, 0.25) is 11.8 Å². The van der Waals surface area contributed by atoms with E-state index in [-0.39, 0.29) is 35.1 Å². The van der Waals surface area contributed by atoms with Crippen LogP contribution < -0.4 is 20.7 Å².